The summed E-state index contributed by atoms with van der Waals surface area (Å²) in [7, 11) is 0. The fraction of sp³-hybridized carbons (Fsp3) is 0.700. The standard InChI is InChI=1S/C10H17N3S.ClH/c1-8(10-12-5-6-14-10)13-9-3-2-4-11-7-9;/h5-6,8-9,11,13H,2-4,7H2,1H3;1H/t8?,9-;/m0./s1. The predicted molar refractivity (Wildman–Crippen MR) is 66.8 cm³/mol. The number of nitrogens with one attached hydrogen (secondary N) is 2. The number of nitrogens with zero attached hydrogens (tertiary/aromatic N) is 1. The predicted octanol–water partition coefficient (Wildman–Crippen LogP) is 1.97. The molecule has 1 aliphatic rings. The van der Waals surface area contributed by atoms with E-state index in [1.165, 1.54) is 24.4 Å². The summed E-state index contributed by atoms with van der Waals surface area (Å²) in [5, 5.41) is 10.2. The fourth-order valence-electron chi connectivity index (χ4n) is 1.87. The Morgan fingerprint density at radius 2 is 2.53 bits per heavy atom. The fourth-order valence-corrected chi connectivity index (χ4v) is 2.52. The molecule has 2 atom stereocenters. The monoisotopic (exact) mass is 247 g/mol. The molecule has 1 saturated heterocycles. The largest absolute Gasteiger partial charge is 0.315 e. The molecule has 86 valence electrons. The summed E-state index contributed by atoms with van der Waals surface area (Å²) in [4.78, 5) is 4.32. The molecule has 2 heterocycles. The molecule has 3 nitrogen and oxygen atoms in total. The molecular weight excluding hydrogens is 230 g/mol. The Hall–Kier alpha value is -0.160. The molecule has 1 aliphatic heterocycles. The average molecular weight is 248 g/mol. The highest BCUT2D eigenvalue weighted by Gasteiger charge is 2.16. The third kappa shape index (κ3) is 3.72. The molecule has 5 heteroatoms. The number of hydrogen-bond acceptors (Lipinski definition) is 4. The van der Waals surface area contributed by atoms with Gasteiger partial charge in [-0.05, 0) is 26.3 Å². The molecule has 2 N–H and O–H groups in total. The van der Waals surface area contributed by atoms with Crippen molar-refractivity contribution in [1.82, 2.24) is 15.6 Å². The highest BCUT2D eigenvalue weighted by molar-refractivity contribution is 7.09. The highest BCUT2D eigenvalue weighted by Crippen LogP contribution is 2.16. The van der Waals surface area contributed by atoms with Crippen LogP contribution in [0.15, 0.2) is 11.6 Å². The van der Waals surface area contributed by atoms with Gasteiger partial charge in [0.15, 0.2) is 0 Å². The maximum absolute atomic E-state index is 4.32. The summed E-state index contributed by atoms with van der Waals surface area (Å²) < 4.78 is 0. The Morgan fingerprint density at radius 1 is 1.67 bits per heavy atom. The molecule has 0 spiro atoms. The van der Waals surface area contributed by atoms with Gasteiger partial charge in [-0.2, -0.15) is 0 Å². The van der Waals surface area contributed by atoms with Crippen LogP contribution in [0.3, 0.4) is 0 Å². The van der Waals surface area contributed by atoms with Crippen molar-refractivity contribution in [2.45, 2.75) is 31.8 Å². The lowest BCUT2D eigenvalue weighted by Gasteiger charge is -2.26. The van der Waals surface area contributed by atoms with Crippen LogP contribution < -0.4 is 10.6 Å². The third-order valence-electron chi connectivity index (χ3n) is 2.60. The van der Waals surface area contributed by atoms with Crippen LogP contribution in [0.5, 0.6) is 0 Å². The van der Waals surface area contributed by atoms with Gasteiger partial charge in [-0.1, -0.05) is 0 Å². The van der Waals surface area contributed by atoms with E-state index in [4.69, 9.17) is 0 Å². The van der Waals surface area contributed by atoms with Crippen LogP contribution in [-0.2, 0) is 0 Å². The topological polar surface area (TPSA) is 37.0 Å². The third-order valence-corrected chi connectivity index (χ3v) is 3.56. The molecule has 0 saturated carbocycles. The molecule has 0 aliphatic carbocycles. The second kappa shape index (κ2) is 6.43. The quantitative estimate of drug-likeness (QED) is 0.858. The summed E-state index contributed by atoms with van der Waals surface area (Å²) in [5.74, 6) is 0. The summed E-state index contributed by atoms with van der Waals surface area (Å²) in [6, 6.07) is 1.00. The van der Waals surface area contributed by atoms with E-state index in [9.17, 15) is 0 Å². The van der Waals surface area contributed by atoms with E-state index in [0.29, 0.717) is 12.1 Å². The Balaban J connectivity index is 0.00000112. The lowest BCUT2D eigenvalue weighted by molar-refractivity contribution is 0.361. The average Bonchev–Trinajstić information content (AvgIpc) is 2.72. The molecule has 15 heavy (non-hydrogen) atoms. The Bertz CT molecular complexity index is 260. The highest BCUT2D eigenvalue weighted by atomic mass is 35.5. The number of halogens is 1. The zero-order chi connectivity index (χ0) is 9.80. The molecule has 0 bridgehead atoms. The van der Waals surface area contributed by atoms with Crippen LogP contribution in [0.1, 0.15) is 30.8 Å². The summed E-state index contributed by atoms with van der Waals surface area (Å²) >= 11 is 1.73. The zero-order valence-corrected chi connectivity index (χ0v) is 10.5. The number of hydrogen-bond donors (Lipinski definition) is 2. The molecule has 1 fully saturated rings. The van der Waals surface area contributed by atoms with Crippen LogP contribution in [0.4, 0.5) is 0 Å². The van der Waals surface area contributed by atoms with Crippen LogP contribution in [0, 0.1) is 0 Å². The number of aromatic nitrogens is 1. The van der Waals surface area contributed by atoms with Crippen LogP contribution in [-0.4, -0.2) is 24.1 Å². The van der Waals surface area contributed by atoms with Crippen LogP contribution in [0.25, 0.3) is 0 Å². The van der Waals surface area contributed by atoms with Crippen molar-refractivity contribution in [2.24, 2.45) is 0 Å². The summed E-state index contributed by atoms with van der Waals surface area (Å²) in [6.45, 7) is 4.45. The normalized spacial score (nSPS) is 23.1. The van der Waals surface area contributed by atoms with Crippen LogP contribution in [0.2, 0.25) is 0 Å². The Morgan fingerprint density at radius 3 is 3.13 bits per heavy atom. The maximum atomic E-state index is 4.32. The van der Waals surface area contributed by atoms with Gasteiger partial charge in [0.05, 0.1) is 6.04 Å². The van der Waals surface area contributed by atoms with E-state index in [1.807, 2.05) is 11.6 Å². The van der Waals surface area contributed by atoms with E-state index in [0.717, 1.165) is 6.54 Å². The molecule has 2 rings (SSSR count). The van der Waals surface area contributed by atoms with E-state index in [-0.39, 0.29) is 12.4 Å². The summed E-state index contributed by atoms with van der Waals surface area (Å²) in [6.07, 6.45) is 4.43. The molecule has 0 aromatic carbocycles. The maximum Gasteiger partial charge on any atom is 0.109 e. The first-order valence-corrected chi connectivity index (χ1v) is 6.10. The smallest absolute Gasteiger partial charge is 0.109 e. The second-order valence-electron chi connectivity index (χ2n) is 3.80. The van der Waals surface area contributed by atoms with Crippen molar-refractivity contribution in [2.75, 3.05) is 13.1 Å². The van der Waals surface area contributed by atoms with Gasteiger partial charge in [0, 0.05) is 24.2 Å². The van der Waals surface area contributed by atoms with Gasteiger partial charge in [0.1, 0.15) is 5.01 Å². The van der Waals surface area contributed by atoms with Gasteiger partial charge in [-0.3, -0.25) is 0 Å². The van der Waals surface area contributed by atoms with E-state index < -0.39 is 0 Å². The first-order chi connectivity index (χ1) is 6.86. The van der Waals surface area contributed by atoms with Gasteiger partial charge in [-0.15, -0.1) is 23.7 Å². The van der Waals surface area contributed by atoms with Crippen molar-refractivity contribution in [1.29, 1.82) is 0 Å². The Kier molecular flexibility index (Phi) is 5.53. The van der Waals surface area contributed by atoms with Crippen molar-refractivity contribution in [3.8, 4) is 0 Å². The van der Waals surface area contributed by atoms with E-state index in [2.05, 4.69) is 22.5 Å². The lowest BCUT2D eigenvalue weighted by atomic mass is 10.1. The summed E-state index contributed by atoms with van der Waals surface area (Å²) in [5.41, 5.74) is 0. The molecule has 1 unspecified atom stereocenters. The number of thiazole rings is 1. The molecule has 1 aromatic rings. The molecule has 1 aromatic heterocycles. The van der Waals surface area contributed by atoms with Gasteiger partial charge in [0.25, 0.3) is 0 Å². The van der Waals surface area contributed by atoms with E-state index in [1.54, 1.807) is 11.3 Å². The first-order valence-electron chi connectivity index (χ1n) is 5.22. The minimum atomic E-state index is 0. The molecule has 0 radical (unpaired) electrons. The number of piperidine rings is 1. The second-order valence-corrected chi connectivity index (χ2v) is 4.73. The van der Waals surface area contributed by atoms with Crippen LogP contribution >= 0.6 is 23.7 Å². The SMILES string of the molecule is CC(N[C@H]1CCCNC1)c1nccs1.Cl. The minimum Gasteiger partial charge on any atom is -0.315 e. The number of rotatable bonds is 3. The van der Waals surface area contributed by atoms with Gasteiger partial charge < -0.3 is 10.6 Å². The molecular formula is C10H18ClN3S. The first kappa shape index (κ1) is 12.9. The Labute approximate surface area is 101 Å². The van der Waals surface area contributed by atoms with Crippen molar-refractivity contribution < 1.29 is 0 Å². The minimum absolute atomic E-state index is 0. The van der Waals surface area contributed by atoms with E-state index >= 15 is 0 Å². The van der Waals surface area contributed by atoms with Gasteiger partial charge >= 0.3 is 0 Å². The van der Waals surface area contributed by atoms with Crippen molar-refractivity contribution in [3.63, 3.8) is 0 Å². The molecule has 0 amide bonds. The lowest BCUT2D eigenvalue weighted by Crippen LogP contribution is -2.43. The zero-order valence-electron chi connectivity index (χ0n) is 8.90. The van der Waals surface area contributed by atoms with Crippen molar-refractivity contribution >= 4 is 23.7 Å². The van der Waals surface area contributed by atoms with Gasteiger partial charge in [0.2, 0.25) is 0 Å². The van der Waals surface area contributed by atoms with Gasteiger partial charge in [-0.25, -0.2) is 4.98 Å². The van der Waals surface area contributed by atoms with Crippen molar-refractivity contribution in [3.05, 3.63) is 16.6 Å².